The Hall–Kier alpha value is -1.82. The van der Waals surface area contributed by atoms with Gasteiger partial charge in [0.1, 0.15) is 0 Å². The van der Waals surface area contributed by atoms with Crippen LogP contribution in [0.25, 0.3) is 11.1 Å². The Morgan fingerprint density at radius 3 is 1.40 bits per heavy atom. The number of aryl methyl sites for hydroxylation is 2. The van der Waals surface area contributed by atoms with Crippen molar-refractivity contribution in [1.82, 2.24) is 0 Å². The van der Waals surface area contributed by atoms with E-state index in [-0.39, 0.29) is 0 Å². The van der Waals surface area contributed by atoms with E-state index in [4.69, 9.17) is 0 Å². The molecule has 0 aromatic heterocycles. The highest BCUT2D eigenvalue weighted by atomic mass is 14.1. The van der Waals surface area contributed by atoms with Crippen molar-refractivity contribution in [1.29, 1.82) is 0 Å². The molecule has 0 amide bonds. The lowest BCUT2D eigenvalue weighted by Gasteiger charge is -2.15. The van der Waals surface area contributed by atoms with Gasteiger partial charge in [0.15, 0.2) is 0 Å². The summed E-state index contributed by atoms with van der Waals surface area (Å²) in [4.78, 5) is 0. The molecule has 0 unspecified atom stereocenters. The highest BCUT2D eigenvalue weighted by molar-refractivity contribution is 5.70. The first kappa shape index (κ1) is 13.2. The van der Waals surface area contributed by atoms with E-state index in [0.717, 1.165) is 0 Å². The van der Waals surface area contributed by atoms with Gasteiger partial charge < -0.3 is 0 Å². The first-order valence-corrected chi connectivity index (χ1v) is 7.78. The summed E-state index contributed by atoms with van der Waals surface area (Å²) in [7, 11) is 0. The van der Waals surface area contributed by atoms with E-state index in [9.17, 15) is 0 Å². The minimum atomic E-state index is 1.19. The monoisotopic (exact) mass is 262 g/mol. The Labute approximate surface area is 122 Å². The highest BCUT2D eigenvalue weighted by Gasteiger charge is 2.09. The minimum absolute atomic E-state index is 1.19. The van der Waals surface area contributed by atoms with Gasteiger partial charge >= 0.3 is 0 Å². The van der Waals surface area contributed by atoms with E-state index in [1.807, 2.05) is 0 Å². The van der Waals surface area contributed by atoms with Crippen molar-refractivity contribution >= 4 is 0 Å². The summed E-state index contributed by atoms with van der Waals surface area (Å²) >= 11 is 0. The summed E-state index contributed by atoms with van der Waals surface area (Å²) in [5, 5.41) is 0. The normalized spacial score (nSPS) is 14.8. The van der Waals surface area contributed by atoms with Gasteiger partial charge in [-0.25, -0.2) is 0 Å². The molecule has 3 aliphatic carbocycles. The van der Waals surface area contributed by atoms with E-state index >= 15 is 0 Å². The molecule has 3 aliphatic rings. The SMILES string of the molecule is c1ccc2c3cccccc(c-3cc1)CCCCCC2. The molecule has 0 heteroatoms. The van der Waals surface area contributed by atoms with Gasteiger partial charge in [0.05, 0.1) is 0 Å². The predicted octanol–water partition coefficient (Wildman–Crippen LogP) is 5.57. The maximum atomic E-state index is 2.30. The molecular formula is C20H22. The smallest absolute Gasteiger partial charge is 0.0149 e. The van der Waals surface area contributed by atoms with Crippen molar-refractivity contribution in [2.24, 2.45) is 0 Å². The van der Waals surface area contributed by atoms with Crippen LogP contribution in [-0.2, 0) is 12.8 Å². The lowest BCUT2D eigenvalue weighted by Crippen LogP contribution is -1.97. The van der Waals surface area contributed by atoms with Crippen LogP contribution >= 0.6 is 0 Å². The van der Waals surface area contributed by atoms with E-state index in [1.165, 1.54) is 60.8 Å². The highest BCUT2D eigenvalue weighted by Crippen LogP contribution is 2.29. The van der Waals surface area contributed by atoms with E-state index < -0.39 is 0 Å². The van der Waals surface area contributed by atoms with Gasteiger partial charge in [0.2, 0.25) is 0 Å². The van der Waals surface area contributed by atoms with Crippen LogP contribution in [0.3, 0.4) is 0 Å². The molecule has 102 valence electrons. The number of rotatable bonds is 0. The summed E-state index contributed by atoms with van der Waals surface area (Å²) in [6.07, 6.45) is 7.71. The average molecular weight is 262 g/mol. The standard InChI is InChI=1S/C20H22/c1-2-6-12-18-14-8-4-9-15-19-17(11-5-1)13-7-3-10-16-20(18)19/h3-4,7-10,13-16H,1-2,5-6,11-12H2. The topological polar surface area (TPSA) is 0 Å². The van der Waals surface area contributed by atoms with Crippen LogP contribution < -0.4 is 0 Å². The van der Waals surface area contributed by atoms with E-state index in [0.29, 0.717) is 0 Å². The largest absolute Gasteiger partial charge is 0.0622 e. The second kappa shape index (κ2) is 6.56. The van der Waals surface area contributed by atoms with Crippen LogP contribution in [0.2, 0.25) is 0 Å². The number of hydrogen-bond acceptors (Lipinski definition) is 0. The zero-order chi connectivity index (χ0) is 13.6. The minimum Gasteiger partial charge on any atom is -0.0622 e. The predicted molar refractivity (Wildman–Crippen MR) is 86.6 cm³/mol. The molecule has 0 saturated carbocycles. The van der Waals surface area contributed by atoms with E-state index in [2.05, 4.69) is 60.7 Å². The lowest BCUT2D eigenvalue weighted by molar-refractivity contribution is 0.638. The number of hydrogen-bond donors (Lipinski definition) is 0. The van der Waals surface area contributed by atoms with E-state index in [1.54, 1.807) is 0 Å². The van der Waals surface area contributed by atoms with Gasteiger partial charge in [-0.05, 0) is 47.9 Å². The first-order valence-electron chi connectivity index (χ1n) is 7.78. The van der Waals surface area contributed by atoms with Crippen molar-refractivity contribution < 1.29 is 0 Å². The Kier molecular flexibility index (Phi) is 4.32. The summed E-state index contributed by atoms with van der Waals surface area (Å²) in [5.41, 5.74) is 5.81. The van der Waals surface area contributed by atoms with Crippen LogP contribution in [0.5, 0.6) is 0 Å². The molecule has 0 saturated heterocycles. The summed E-state index contributed by atoms with van der Waals surface area (Å²) in [6.45, 7) is 0. The molecule has 3 rings (SSSR count). The average Bonchev–Trinajstić information content (AvgIpc) is 2.43. The van der Waals surface area contributed by atoms with Crippen molar-refractivity contribution in [2.45, 2.75) is 38.5 Å². The zero-order valence-corrected chi connectivity index (χ0v) is 12.0. The van der Waals surface area contributed by atoms with Crippen molar-refractivity contribution in [2.75, 3.05) is 0 Å². The summed E-state index contributed by atoms with van der Waals surface area (Å²) in [5.74, 6) is 0. The molecule has 0 N–H and O–H groups in total. The lowest BCUT2D eigenvalue weighted by atomic mass is 9.90. The molecule has 0 aromatic rings. The molecule has 0 nitrogen and oxygen atoms in total. The second-order valence-corrected chi connectivity index (χ2v) is 5.61. The Morgan fingerprint density at radius 1 is 0.450 bits per heavy atom. The van der Waals surface area contributed by atoms with Crippen molar-refractivity contribution in [3.8, 4) is 11.1 Å². The quantitative estimate of drug-likeness (QED) is 0.582. The molecular weight excluding hydrogens is 240 g/mol. The molecule has 0 atom stereocenters. The first-order chi connectivity index (χ1) is 9.95. The van der Waals surface area contributed by atoms with Gasteiger partial charge in [0, 0.05) is 0 Å². The molecule has 0 aliphatic heterocycles. The van der Waals surface area contributed by atoms with Crippen LogP contribution in [0.15, 0.2) is 60.7 Å². The van der Waals surface area contributed by atoms with Crippen LogP contribution in [0, 0.1) is 0 Å². The summed E-state index contributed by atoms with van der Waals surface area (Å²) in [6, 6.07) is 22.1. The molecule has 20 heavy (non-hydrogen) atoms. The molecule has 0 fully saturated rings. The molecule has 0 spiro atoms. The fourth-order valence-electron chi connectivity index (χ4n) is 3.11. The summed E-state index contributed by atoms with van der Waals surface area (Å²) < 4.78 is 0. The van der Waals surface area contributed by atoms with Gasteiger partial charge in [-0.3, -0.25) is 0 Å². The molecule has 0 aromatic carbocycles. The third kappa shape index (κ3) is 3.01. The maximum Gasteiger partial charge on any atom is -0.0149 e. The third-order valence-corrected chi connectivity index (χ3v) is 4.19. The Bertz CT molecular complexity index is 541. The second-order valence-electron chi connectivity index (χ2n) is 5.61. The van der Waals surface area contributed by atoms with Crippen LogP contribution in [0.1, 0.15) is 36.8 Å². The molecule has 0 radical (unpaired) electrons. The van der Waals surface area contributed by atoms with Gasteiger partial charge in [-0.15, -0.1) is 0 Å². The molecule has 4 bridgehead atoms. The van der Waals surface area contributed by atoms with Gasteiger partial charge in [0.25, 0.3) is 0 Å². The fourth-order valence-corrected chi connectivity index (χ4v) is 3.11. The van der Waals surface area contributed by atoms with Crippen LogP contribution in [0.4, 0.5) is 0 Å². The Balaban J connectivity index is 2.31. The van der Waals surface area contributed by atoms with Crippen LogP contribution in [-0.4, -0.2) is 0 Å². The van der Waals surface area contributed by atoms with Gasteiger partial charge in [-0.1, -0.05) is 73.5 Å². The zero-order valence-electron chi connectivity index (χ0n) is 12.0. The third-order valence-electron chi connectivity index (χ3n) is 4.19. The van der Waals surface area contributed by atoms with Crippen molar-refractivity contribution in [3.05, 3.63) is 71.8 Å². The van der Waals surface area contributed by atoms with Gasteiger partial charge in [-0.2, -0.15) is 0 Å². The van der Waals surface area contributed by atoms with Crippen molar-refractivity contribution in [3.63, 3.8) is 0 Å². The molecule has 0 heterocycles. The fraction of sp³-hybridized carbons (Fsp3) is 0.300. The Morgan fingerprint density at radius 2 is 0.900 bits per heavy atom. The maximum absolute atomic E-state index is 2.30.